The molecule has 12 heteroatoms. The molecule has 1 aliphatic rings. The van der Waals surface area contributed by atoms with E-state index in [2.05, 4.69) is 75.9 Å². The van der Waals surface area contributed by atoms with Crippen molar-refractivity contribution in [1.82, 2.24) is 0 Å². The van der Waals surface area contributed by atoms with Crippen LogP contribution in [-0.4, -0.2) is 37.0 Å². The van der Waals surface area contributed by atoms with E-state index in [1.54, 1.807) is 47.6 Å². The van der Waals surface area contributed by atoms with E-state index in [1.165, 1.54) is 5.69 Å². The Morgan fingerprint density at radius 1 is 0.829 bits per heavy atom. The second-order valence-electron chi connectivity index (χ2n) is 13.9. The molecule has 0 fully saturated rings. The van der Waals surface area contributed by atoms with Gasteiger partial charge in [0.15, 0.2) is 8.24 Å². The standard InChI is InChI=1S/C19H31BrFNSi.C10H21F3O3SSi/c1-12(2)23(13(3)4,14(5)6)22-11-19(7,8)15-9-17(21)16(20)10-18(15)22;1-7(2)18(8(3)4,9(5)6)16-17(14,15)10(11,12)13/h9-10,12-14H,11H2,1-8H3;7-9H,1-6H3. The third kappa shape index (κ3) is 7.28. The Balaban J connectivity index is 0.000000425. The third-order valence-corrected chi connectivity index (χ3v) is 24.6. The maximum Gasteiger partial charge on any atom is 0.522 e. The predicted molar refractivity (Wildman–Crippen MR) is 173 cm³/mol. The van der Waals surface area contributed by atoms with Gasteiger partial charge in [-0.05, 0) is 66.9 Å². The highest BCUT2D eigenvalue weighted by Gasteiger charge is 2.56. The molecule has 1 aromatic carbocycles. The molecule has 0 saturated heterocycles. The van der Waals surface area contributed by atoms with Gasteiger partial charge in [0, 0.05) is 17.6 Å². The number of fused-ring (bicyclic) bond motifs is 1. The summed E-state index contributed by atoms with van der Waals surface area (Å²) in [6.07, 6.45) is 0. The molecule has 4 nitrogen and oxygen atoms in total. The lowest BCUT2D eigenvalue weighted by Crippen LogP contribution is -2.61. The molecule has 0 atom stereocenters. The van der Waals surface area contributed by atoms with Crippen molar-refractivity contribution in [1.29, 1.82) is 0 Å². The van der Waals surface area contributed by atoms with E-state index in [0.717, 1.165) is 12.1 Å². The van der Waals surface area contributed by atoms with E-state index in [9.17, 15) is 26.0 Å². The highest BCUT2D eigenvalue weighted by Crippen LogP contribution is 2.53. The van der Waals surface area contributed by atoms with E-state index in [1.807, 2.05) is 6.07 Å². The number of halogens is 5. The maximum absolute atomic E-state index is 14.2. The first-order chi connectivity index (χ1) is 18.2. The second-order valence-corrected chi connectivity index (χ2v) is 27.7. The normalized spacial score (nSPS) is 16.4. The van der Waals surface area contributed by atoms with Gasteiger partial charge in [-0.25, -0.2) is 4.39 Å². The quantitative estimate of drug-likeness (QED) is 0.146. The molecule has 0 unspecified atom stereocenters. The van der Waals surface area contributed by atoms with Crippen LogP contribution < -0.4 is 4.57 Å². The van der Waals surface area contributed by atoms with Gasteiger partial charge < -0.3 is 8.44 Å². The van der Waals surface area contributed by atoms with E-state index >= 15 is 0 Å². The minimum absolute atomic E-state index is 0.00616. The predicted octanol–water partition coefficient (Wildman–Crippen LogP) is 10.9. The van der Waals surface area contributed by atoms with Gasteiger partial charge in [0.25, 0.3) is 0 Å². The SMILES string of the molecule is CC(C)[Si](C(C)C)(C(C)C)N1CC(C)(C)c2cc(F)c(Br)cc21.CC(C)[Si](OS(=O)(=O)C(F)(F)F)(C(C)C)C(C)C. The molecule has 0 amide bonds. The second kappa shape index (κ2) is 13.3. The number of hydrogen-bond donors (Lipinski definition) is 0. The average molecular weight is 707 g/mol. The zero-order valence-electron chi connectivity index (χ0n) is 27.3. The fourth-order valence-corrected chi connectivity index (χ4v) is 23.4. The van der Waals surface area contributed by atoms with Crippen molar-refractivity contribution in [2.45, 2.75) is 141 Å². The molecule has 41 heavy (non-hydrogen) atoms. The Hall–Kier alpha value is -0.436. The highest BCUT2D eigenvalue weighted by molar-refractivity contribution is 9.10. The summed E-state index contributed by atoms with van der Waals surface area (Å²) < 4.78 is 82.1. The Labute approximate surface area is 257 Å². The van der Waals surface area contributed by atoms with Crippen LogP contribution in [0.1, 0.15) is 102 Å². The van der Waals surface area contributed by atoms with Crippen LogP contribution in [-0.2, 0) is 19.4 Å². The van der Waals surface area contributed by atoms with E-state index in [0.29, 0.717) is 21.1 Å². The van der Waals surface area contributed by atoms with Crippen molar-refractivity contribution in [2.24, 2.45) is 0 Å². The van der Waals surface area contributed by atoms with Gasteiger partial charge >= 0.3 is 15.6 Å². The molecule has 1 aliphatic heterocycles. The third-order valence-electron chi connectivity index (χ3n) is 9.10. The highest BCUT2D eigenvalue weighted by atomic mass is 79.9. The Morgan fingerprint density at radius 3 is 1.54 bits per heavy atom. The molecule has 0 saturated carbocycles. The Kier molecular flexibility index (Phi) is 12.5. The van der Waals surface area contributed by atoms with Crippen molar-refractivity contribution < 1.29 is 29.9 Å². The molecule has 1 aromatic rings. The number of alkyl halides is 3. The minimum Gasteiger partial charge on any atom is -0.395 e. The van der Waals surface area contributed by atoms with Crippen LogP contribution in [0, 0.1) is 5.82 Å². The van der Waals surface area contributed by atoms with Crippen molar-refractivity contribution in [2.75, 3.05) is 11.1 Å². The van der Waals surface area contributed by atoms with Crippen molar-refractivity contribution in [3.63, 3.8) is 0 Å². The van der Waals surface area contributed by atoms with Crippen LogP contribution in [0.3, 0.4) is 0 Å². The summed E-state index contributed by atoms with van der Waals surface area (Å²) in [6, 6.07) is 3.77. The molecule has 0 aliphatic carbocycles. The van der Waals surface area contributed by atoms with Crippen LogP contribution in [0.15, 0.2) is 16.6 Å². The first kappa shape index (κ1) is 38.6. The summed E-state index contributed by atoms with van der Waals surface area (Å²) >= 11 is 3.41. The summed E-state index contributed by atoms with van der Waals surface area (Å²) in [5, 5.41) is 0. The fraction of sp³-hybridized carbons (Fsp3) is 0.793. The van der Waals surface area contributed by atoms with E-state index in [-0.39, 0.29) is 27.9 Å². The average Bonchev–Trinajstić information content (AvgIpc) is 3.01. The molecule has 0 N–H and O–H groups in total. The van der Waals surface area contributed by atoms with Gasteiger partial charge in [-0.3, -0.25) is 0 Å². The van der Waals surface area contributed by atoms with Gasteiger partial charge in [-0.1, -0.05) is 96.9 Å². The first-order valence-corrected chi connectivity index (χ1v) is 21.1. The zero-order chi connectivity index (χ0) is 32.7. The molecule has 1 heterocycles. The Morgan fingerprint density at radius 2 is 1.22 bits per heavy atom. The number of hydrogen-bond acceptors (Lipinski definition) is 4. The summed E-state index contributed by atoms with van der Waals surface area (Å²) in [5.74, 6) is -0.149. The lowest BCUT2D eigenvalue weighted by molar-refractivity contribution is -0.0506. The van der Waals surface area contributed by atoms with Gasteiger partial charge in [0.1, 0.15) is 5.82 Å². The summed E-state index contributed by atoms with van der Waals surface area (Å²) in [5.41, 5.74) is -1.69. The lowest BCUT2D eigenvalue weighted by Gasteiger charge is -2.51. The van der Waals surface area contributed by atoms with Crippen LogP contribution in [0.4, 0.5) is 23.2 Å². The smallest absolute Gasteiger partial charge is 0.395 e. The number of benzene rings is 1. The maximum atomic E-state index is 14.2. The van der Waals surface area contributed by atoms with Crippen LogP contribution in [0.25, 0.3) is 0 Å². The number of nitrogens with zero attached hydrogens (tertiary/aromatic N) is 1. The summed E-state index contributed by atoms with van der Waals surface area (Å²) in [6.45, 7) is 30.1. The molecule has 0 spiro atoms. The molecule has 240 valence electrons. The fourth-order valence-electron chi connectivity index (χ4n) is 7.67. The van der Waals surface area contributed by atoms with Crippen molar-refractivity contribution in [3.05, 3.63) is 28.0 Å². The number of anilines is 1. The lowest BCUT2D eigenvalue weighted by atomic mass is 9.87. The molecule has 0 aromatic heterocycles. The van der Waals surface area contributed by atoms with Crippen molar-refractivity contribution >= 4 is 48.3 Å². The zero-order valence-corrected chi connectivity index (χ0v) is 31.7. The molecular weight excluding hydrogens is 654 g/mol. The van der Waals surface area contributed by atoms with Gasteiger partial charge in [0.05, 0.1) is 4.47 Å². The van der Waals surface area contributed by atoms with Crippen molar-refractivity contribution in [3.8, 4) is 0 Å². The van der Waals surface area contributed by atoms with Crippen LogP contribution in [0.5, 0.6) is 0 Å². The van der Waals surface area contributed by atoms with Gasteiger partial charge in [0.2, 0.25) is 8.32 Å². The molecular formula is C29H52BrF4NO3SSi2. The van der Waals surface area contributed by atoms with E-state index in [4.69, 9.17) is 3.87 Å². The first-order valence-electron chi connectivity index (χ1n) is 14.5. The molecule has 0 bridgehead atoms. The van der Waals surface area contributed by atoms with E-state index < -0.39 is 32.2 Å². The van der Waals surface area contributed by atoms with Gasteiger partial charge in [-0.2, -0.15) is 21.6 Å². The largest absolute Gasteiger partial charge is 0.522 e. The minimum atomic E-state index is -5.53. The Bertz CT molecular complexity index is 1110. The topological polar surface area (TPSA) is 46.6 Å². The monoisotopic (exact) mass is 705 g/mol. The molecule has 2 rings (SSSR count). The van der Waals surface area contributed by atoms with Crippen LogP contribution >= 0.6 is 15.9 Å². The number of rotatable bonds is 9. The molecule has 0 radical (unpaired) electrons. The van der Waals surface area contributed by atoms with Crippen LogP contribution in [0.2, 0.25) is 33.2 Å². The summed E-state index contributed by atoms with van der Waals surface area (Å²) in [4.78, 5) is 0. The summed E-state index contributed by atoms with van der Waals surface area (Å²) in [7, 11) is -10.4. The van der Waals surface area contributed by atoms with Gasteiger partial charge in [-0.15, -0.1) is 0 Å².